The highest BCUT2D eigenvalue weighted by Crippen LogP contribution is 2.41. The summed E-state index contributed by atoms with van der Waals surface area (Å²) in [4.78, 5) is 24.6. The van der Waals surface area contributed by atoms with E-state index in [2.05, 4.69) is 0 Å². The molecule has 2 aromatic heterocycles. The van der Waals surface area contributed by atoms with Gasteiger partial charge in [-0.2, -0.15) is 0 Å². The summed E-state index contributed by atoms with van der Waals surface area (Å²) in [6.45, 7) is 8.83. The van der Waals surface area contributed by atoms with E-state index in [9.17, 15) is 30.8 Å². The minimum absolute atomic E-state index is 0.0899. The van der Waals surface area contributed by atoms with Gasteiger partial charge >= 0.3 is 0 Å². The normalized spacial score (nSPS) is 16.4. The molecule has 5 rings (SSSR count). The Morgan fingerprint density at radius 2 is 1.68 bits per heavy atom. The summed E-state index contributed by atoms with van der Waals surface area (Å²) in [7, 11) is -3.62. The van der Waals surface area contributed by atoms with Gasteiger partial charge in [-0.25, -0.2) is 35.9 Å². The van der Waals surface area contributed by atoms with Crippen LogP contribution in [-0.2, 0) is 22.7 Å². The molecule has 268 valence electrons. The third-order valence-electron chi connectivity index (χ3n) is 10.1. The third-order valence-corrected chi connectivity index (χ3v) is 11.6. The topological polar surface area (TPSA) is 106 Å². The molecule has 1 saturated carbocycles. The fraction of sp³-hybridized carbons (Fsp3) is 0.474. The lowest BCUT2D eigenvalue weighted by Crippen LogP contribution is -2.31. The summed E-state index contributed by atoms with van der Waals surface area (Å²) in [6, 6.07) is 8.61. The molecule has 0 amide bonds. The molecule has 7 nitrogen and oxygen atoms in total. The summed E-state index contributed by atoms with van der Waals surface area (Å²) >= 11 is 0. The molecular formula is C38H44F4N4O3S. The molecule has 0 spiro atoms. The summed E-state index contributed by atoms with van der Waals surface area (Å²) in [5.41, 5.74) is 3.29. The van der Waals surface area contributed by atoms with E-state index in [1.807, 2.05) is 13.8 Å². The first kappa shape index (κ1) is 37.3. The van der Waals surface area contributed by atoms with Gasteiger partial charge in [-0.05, 0) is 99.4 Å². The van der Waals surface area contributed by atoms with E-state index < -0.39 is 44.1 Å². The molecule has 2 aromatic carbocycles. The Kier molecular flexibility index (Phi) is 10.7. The quantitative estimate of drug-likeness (QED) is 0.124. The second-order valence-electron chi connectivity index (χ2n) is 13.8. The van der Waals surface area contributed by atoms with E-state index in [4.69, 9.17) is 15.4 Å². The van der Waals surface area contributed by atoms with Gasteiger partial charge in [0.1, 0.15) is 22.7 Å². The minimum atomic E-state index is -3.62. The molecule has 0 aliphatic heterocycles. The number of pyridine rings is 1. The van der Waals surface area contributed by atoms with Gasteiger partial charge in [0.25, 0.3) is 5.56 Å². The van der Waals surface area contributed by atoms with Crippen LogP contribution in [0.2, 0.25) is 0 Å². The molecule has 0 saturated heterocycles. The minimum Gasteiger partial charge on any atom is -0.303 e. The molecular weight excluding hydrogens is 669 g/mol. The van der Waals surface area contributed by atoms with Crippen molar-refractivity contribution in [3.8, 4) is 5.69 Å². The number of sulfone groups is 1. The van der Waals surface area contributed by atoms with Gasteiger partial charge in [0, 0.05) is 48.3 Å². The fourth-order valence-corrected chi connectivity index (χ4v) is 7.77. The predicted octanol–water partition coefficient (Wildman–Crippen LogP) is 8.46. The van der Waals surface area contributed by atoms with Crippen LogP contribution in [0.1, 0.15) is 110 Å². The van der Waals surface area contributed by atoms with Gasteiger partial charge in [-0.3, -0.25) is 9.36 Å². The number of benzene rings is 2. The number of hydrogen-bond acceptors (Lipinski definition) is 6. The number of halogens is 4. The van der Waals surface area contributed by atoms with Gasteiger partial charge < -0.3 is 5.41 Å². The zero-order valence-electron chi connectivity index (χ0n) is 29.3. The van der Waals surface area contributed by atoms with Crippen LogP contribution < -0.4 is 5.56 Å². The van der Waals surface area contributed by atoms with Crippen molar-refractivity contribution in [1.29, 1.82) is 5.41 Å². The van der Waals surface area contributed by atoms with Crippen molar-refractivity contribution in [2.45, 2.75) is 109 Å². The van der Waals surface area contributed by atoms with Crippen molar-refractivity contribution in [2.75, 3.05) is 6.26 Å². The average Bonchev–Trinajstić information content (AvgIpc) is 3.02. The molecule has 1 N–H and O–H groups in total. The highest BCUT2D eigenvalue weighted by molar-refractivity contribution is 7.92. The molecule has 0 radical (unpaired) electrons. The predicted molar refractivity (Wildman–Crippen MR) is 189 cm³/mol. The van der Waals surface area contributed by atoms with E-state index in [0.717, 1.165) is 17.9 Å². The van der Waals surface area contributed by atoms with Gasteiger partial charge in [-0.1, -0.05) is 26.3 Å². The van der Waals surface area contributed by atoms with Crippen LogP contribution in [0.5, 0.6) is 0 Å². The number of aryl methyl sites for hydroxylation is 2. The number of nitrogens with one attached hydrogen (secondary N) is 1. The molecule has 1 aliphatic carbocycles. The zero-order valence-corrected chi connectivity index (χ0v) is 30.2. The Labute approximate surface area is 290 Å². The summed E-state index contributed by atoms with van der Waals surface area (Å²) < 4.78 is 83.4. The Bertz CT molecular complexity index is 2100. The highest BCUT2D eigenvalue weighted by Gasteiger charge is 2.36. The summed E-state index contributed by atoms with van der Waals surface area (Å²) in [5.74, 6) is -4.61. The van der Waals surface area contributed by atoms with Crippen LogP contribution in [0.3, 0.4) is 0 Å². The highest BCUT2D eigenvalue weighted by atomic mass is 32.2. The molecule has 4 aromatic rings. The van der Waals surface area contributed by atoms with Crippen LogP contribution in [0.25, 0.3) is 16.7 Å². The van der Waals surface area contributed by atoms with Crippen molar-refractivity contribution < 1.29 is 26.0 Å². The molecule has 2 atom stereocenters. The number of aromatic nitrogens is 3. The maximum absolute atomic E-state index is 14.8. The first-order chi connectivity index (χ1) is 23.4. The standard InChI is InChI=1S/C38H44F4N4O3S/c1-7-9-27(17-24-18-28(39)20-29(40)19-24)36-45-35-32(21(3)16-30(44-35)26-12-14-38(41,42)15-13-26)37(47)46(36)31-11-10-25(8-2)33(22(31)4)34(43)23(5)50(6,48)49/h10-11,16,18-20,23,26-27,43H,7-9,12-15,17H2,1-6H3. The Morgan fingerprint density at radius 1 is 1.04 bits per heavy atom. The van der Waals surface area contributed by atoms with Gasteiger partial charge in [0.2, 0.25) is 5.92 Å². The number of fused-ring (bicyclic) bond motifs is 1. The van der Waals surface area contributed by atoms with Gasteiger partial charge in [-0.15, -0.1) is 0 Å². The number of rotatable bonds is 11. The second-order valence-corrected chi connectivity index (χ2v) is 16.1. The lowest BCUT2D eigenvalue weighted by atomic mass is 9.84. The number of alkyl halides is 2. The molecule has 0 bridgehead atoms. The first-order valence-corrected chi connectivity index (χ1v) is 19.1. The molecule has 50 heavy (non-hydrogen) atoms. The summed E-state index contributed by atoms with van der Waals surface area (Å²) in [5, 5.41) is 8.12. The first-order valence-electron chi connectivity index (χ1n) is 17.1. The maximum atomic E-state index is 14.8. The van der Waals surface area contributed by atoms with E-state index in [1.54, 1.807) is 32.0 Å². The molecule has 2 heterocycles. The van der Waals surface area contributed by atoms with Gasteiger partial charge in [0.15, 0.2) is 15.5 Å². The lowest BCUT2D eigenvalue weighted by molar-refractivity contribution is -0.0384. The summed E-state index contributed by atoms with van der Waals surface area (Å²) in [6.07, 6.45) is 2.89. The zero-order chi connectivity index (χ0) is 36.7. The van der Waals surface area contributed by atoms with E-state index in [0.29, 0.717) is 58.7 Å². The van der Waals surface area contributed by atoms with Crippen LogP contribution in [0.4, 0.5) is 17.6 Å². The van der Waals surface area contributed by atoms with Crippen molar-refractivity contribution in [1.82, 2.24) is 14.5 Å². The smallest absolute Gasteiger partial charge is 0.267 e. The van der Waals surface area contributed by atoms with Crippen molar-refractivity contribution >= 4 is 26.6 Å². The van der Waals surface area contributed by atoms with Crippen LogP contribution in [0, 0.1) is 30.9 Å². The monoisotopic (exact) mass is 712 g/mol. The molecule has 2 unspecified atom stereocenters. The van der Waals surface area contributed by atoms with Gasteiger partial charge in [0.05, 0.1) is 16.8 Å². The van der Waals surface area contributed by atoms with E-state index >= 15 is 0 Å². The third kappa shape index (κ3) is 7.55. The number of nitrogens with zero attached hydrogens (tertiary/aromatic N) is 3. The van der Waals surface area contributed by atoms with Crippen molar-refractivity contribution in [3.05, 3.63) is 97.7 Å². The fourth-order valence-electron chi connectivity index (χ4n) is 7.22. The van der Waals surface area contributed by atoms with Crippen LogP contribution in [0.15, 0.2) is 41.2 Å². The van der Waals surface area contributed by atoms with Crippen molar-refractivity contribution in [2.24, 2.45) is 0 Å². The van der Waals surface area contributed by atoms with E-state index in [1.165, 1.54) is 23.6 Å². The van der Waals surface area contributed by atoms with Crippen LogP contribution >= 0.6 is 0 Å². The Hall–Kier alpha value is -3.93. The van der Waals surface area contributed by atoms with Crippen LogP contribution in [-0.4, -0.2) is 46.1 Å². The Morgan fingerprint density at radius 3 is 2.26 bits per heavy atom. The van der Waals surface area contributed by atoms with E-state index in [-0.39, 0.29) is 54.8 Å². The average molecular weight is 713 g/mol. The molecule has 1 aliphatic rings. The maximum Gasteiger partial charge on any atom is 0.267 e. The number of hydrogen-bond donors (Lipinski definition) is 1. The SMILES string of the molecule is CCCC(Cc1cc(F)cc(F)c1)c1nc2nc(C3CCC(F)(F)CC3)cc(C)c2c(=O)n1-c1ccc(CC)c(C(=N)C(C)S(C)(=O)=O)c1C. The largest absolute Gasteiger partial charge is 0.303 e. The molecule has 1 fully saturated rings. The Balaban J connectivity index is 1.80. The van der Waals surface area contributed by atoms with Crippen molar-refractivity contribution in [3.63, 3.8) is 0 Å². The molecule has 12 heteroatoms. The second kappa shape index (κ2) is 14.4. The lowest BCUT2D eigenvalue weighted by Gasteiger charge is -2.28.